The lowest BCUT2D eigenvalue weighted by Gasteiger charge is -2.13. The number of nitrogens with two attached hydrogens (primary N) is 1. The van der Waals surface area contributed by atoms with E-state index < -0.39 is 0 Å². The molecule has 0 aliphatic rings. The quantitative estimate of drug-likeness (QED) is 0.838. The van der Waals surface area contributed by atoms with E-state index in [2.05, 4.69) is 5.32 Å². The maximum absolute atomic E-state index is 6.07. The molecule has 3 N–H and O–H groups in total. The van der Waals surface area contributed by atoms with E-state index in [1.807, 2.05) is 24.3 Å². The van der Waals surface area contributed by atoms with Crippen molar-refractivity contribution in [2.45, 2.75) is 0 Å². The number of para-hydroxylation sites is 1. The fraction of sp³-hybridized carbons (Fsp3) is 0.143. The summed E-state index contributed by atoms with van der Waals surface area (Å²) in [6, 6.07) is 11.0. The minimum Gasteiger partial charge on any atom is -0.495 e. The fourth-order valence-corrected chi connectivity index (χ4v) is 1.99. The molecule has 0 aliphatic heterocycles. The maximum atomic E-state index is 6.07. The number of ether oxygens (including phenoxy) is 2. The Hall–Kier alpha value is -2.07. The summed E-state index contributed by atoms with van der Waals surface area (Å²) in [5, 5.41) is 3.73. The molecule has 2 aromatic carbocycles. The van der Waals surface area contributed by atoms with Crippen molar-refractivity contribution in [1.29, 1.82) is 0 Å². The van der Waals surface area contributed by atoms with Crippen LogP contribution in [0.3, 0.4) is 0 Å². The first-order chi connectivity index (χ1) is 9.15. The minimum absolute atomic E-state index is 0.536. The van der Waals surface area contributed by atoms with E-state index in [-0.39, 0.29) is 0 Å². The number of hydrogen-bond acceptors (Lipinski definition) is 4. The van der Waals surface area contributed by atoms with Gasteiger partial charge in [0.25, 0.3) is 0 Å². The Morgan fingerprint density at radius 2 is 1.79 bits per heavy atom. The molecular weight excluding hydrogens is 264 g/mol. The summed E-state index contributed by atoms with van der Waals surface area (Å²) in [5.41, 5.74) is 8.13. The Labute approximate surface area is 117 Å². The largest absolute Gasteiger partial charge is 0.495 e. The lowest BCUT2D eigenvalue weighted by molar-refractivity contribution is 0.415. The number of anilines is 3. The highest BCUT2D eigenvalue weighted by molar-refractivity contribution is 6.32. The zero-order valence-corrected chi connectivity index (χ0v) is 11.5. The van der Waals surface area contributed by atoms with Gasteiger partial charge in [-0.2, -0.15) is 0 Å². The second kappa shape index (κ2) is 5.71. The Morgan fingerprint density at radius 3 is 2.42 bits per heavy atom. The molecule has 0 radical (unpaired) electrons. The van der Waals surface area contributed by atoms with E-state index in [1.54, 1.807) is 26.4 Å². The van der Waals surface area contributed by atoms with Gasteiger partial charge in [-0.15, -0.1) is 0 Å². The average molecular weight is 279 g/mol. The Morgan fingerprint density at radius 1 is 1.05 bits per heavy atom. The molecule has 0 atom stereocenters. The van der Waals surface area contributed by atoms with Crippen LogP contribution in [0.2, 0.25) is 5.02 Å². The second-order valence-corrected chi connectivity index (χ2v) is 4.30. The molecule has 0 aromatic heterocycles. The zero-order valence-electron chi connectivity index (χ0n) is 10.7. The van der Waals surface area contributed by atoms with Crippen molar-refractivity contribution in [3.8, 4) is 11.5 Å². The first-order valence-corrected chi connectivity index (χ1v) is 6.06. The molecule has 4 nitrogen and oxygen atoms in total. The highest BCUT2D eigenvalue weighted by Crippen LogP contribution is 2.33. The summed E-state index contributed by atoms with van der Waals surface area (Å²) in [7, 11) is 3.16. The van der Waals surface area contributed by atoms with Gasteiger partial charge in [-0.1, -0.05) is 17.7 Å². The molecule has 2 aromatic rings. The predicted octanol–water partition coefficient (Wildman–Crippen LogP) is 3.68. The standard InChI is InChI=1S/C14H15ClN2O2/c1-18-12-7-6-9(8-10(12)15)17-11-4-3-5-13(19-2)14(11)16/h3-8,17H,16H2,1-2H3. The third-order valence-corrected chi connectivity index (χ3v) is 3.01. The number of rotatable bonds is 4. The number of benzene rings is 2. The molecule has 0 unspecified atom stereocenters. The van der Waals surface area contributed by atoms with Crippen LogP contribution in [0.5, 0.6) is 11.5 Å². The summed E-state index contributed by atoms with van der Waals surface area (Å²) in [6.45, 7) is 0. The van der Waals surface area contributed by atoms with Crippen LogP contribution in [0, 0.1) is 0 Å². The van der Waals surface area contributed by atoms with E-state index in [0.717, 1.165) is 11.4 Å². The summed E-state index contributed by atoms with van der Waals surface area (Å²) < 4.78 is 10.3. The van der Waals surface area contributed by atoms with Gasteiger partial charge in [0.2, 0.25) is 0 Å². The van der Waals surface area contributed by atoms with Crippen LogP contribution in [0.15, 0.2) is 36.4 Å². The van der Waals surface area contributed by atoms with Crippen LogP contribution in [-0.2, 0) is 0 Å². The van der Waals surface area contributed by atoms with E-state index in [0.29, 0.717) is 22.2 Å². The monoisotopic (exact) mass is 278 g/mol. The van der Waals surface area contributed by atoms with Crippen molar-refractivity contribution in [1.82, 2.24) is 0 Å². The van der Waals surface area contributed by atoms with E-state index in [1.165, 1.54) is 0 Å². The van der Waals surface area contributed by atoms with Gasteiger partial charge in [-0.05, 0) is 30.3 Å². The topological polar surface area (TPSA) is 56.5 Å². The van der Waals surface area contributed by atoms with Gasteiger partial charge in [0, 0.05) is 5.69 Å². The Bertz CT molecular complexity index is 588. The molecule has 0 saturated heterocycles. The summed E-state index contributed by atoms with van der Waals surface area (Å²) in [4.78, 5) is 0. The van der Waals surface area contributed by atoms with Crippen LogP contribution in [0.1, 0.15) is 0 Å². The van der Waals surface area contributed by atoms with Crippen LogP contribution in [0.25, 0.3) is 0 Å². The number of methoxy groups -OCH3 is 2. The molecular formula is C14H15ClN2O2. The smallest absolute Gasteiger partial charge is 0.143 e. The Kier molecular flexibility index (Phi) is 4.02. The van der Waals surface area contributed by atoms with Gasteiger partial charge in [0.1, 0.15) is 11.5 Å². The summed E-state index contributed by atoms with van der Waals surface area (Å²) >= 11 is 6.07. The molecule has 0 spiro atoms. The van der Waals surface area contributed by atoms with Crippen molar-refractivity contribution in [2.24, 2.45) is 0 Å². The third kappa shape index (κ3) is 2.85. The minimum atomic E-state index is 0.536. The normalized spacial score (nSPS) is 10.1. The zero-order chi connectivity index (χ0) is 13.8. The maximum Gasteiger partial charge on any atom is 0.143 e. The molecule has 0 heterocycles. The number of halogens is 1. The molecule has 0 amide bonds. The van der Waals surface area contributed by atoms with E-state index >= 15 is 0 Å². The van der Waals surface area contributed by atoms with Gasteiger partial charge in [-0.25, -0.2) is 0 Å². The summed E-state index contributed by atoms with van der Waals surface area (Å²) in [5.74, 6) is 1.26. The second-order valence-electron chi connectivity index (χ2n) is 3.90. The lowest BCUT2D eigenvalue weighted by Crippen LogP contribution is -1.99. The number of hydrogen-bond donors (Lipinski definition) is 2. The molecule has 0 saturated carbocycles. The lowest BCUT2D eigenvalue weighted by atomic mass is 10.2. The van der Waals surface area contributed by atoms with Crippen LogP contribution < -0.4 is 20.5 Å². The number of nitrogens with one attached hydrogen (secondary N) is 1. The van der Waals surface area contributed by atoms with E-state index in [9.17, 15) is 0 Å². The summed E-state index contributed by atoms with van der Waals surface area (Å²) in [6.07, 6.45) is 0. The SMILES string of the molecule is COc1ccc(Nc2cccc(OC)c2N)cc1Cl. The predicted molar refractivity (Wildman–Crippen MR) is 78.7 cm³/mol. The fourth-order valence-electron chi connectivity index (χ4n) is 1.73. The molecule has 0 aliphatic carbocycles. The highest BCUT2D eigenvalue weighted by Gasteiger charge is 2.07. The molecule has 0 fully saturated rings. The molecule has 100 valence electrons. The van der Waals surface area contributed by atoms with Crippen molar-refractivity contribution in [3.63, 3.8) is 0 Å². The highest BCUT2D eigenvalue weighted by atomic mass is 35.5. The van der Waals surface area contributed by atoms with Gasteiger partial charge < -0.3 is 20.5 Å². The van der Waals surface area contributed by atoms with Crippen molar-refractivity contribution in [2.75, 3.05) is 25.3 Å². The first kappa shape index (κ1) is 13.4. The van der Waals surface area contributed by atoms with Crippen molar-refractivity contribution < 1.29 is 9.47 Å². The van der Waals surface area contributed by atoms with Gasteiger partial charge in [0.05, 0.1) is 30.6 Å². The number of nitrogen functional groups attached to an aromatic ring is 1. The van der Waals surface area contributed by atoms with Gasteiger partial charge in [0.15, 0.2) is 0 Å². The average Bonchev–Trinajstić information content (AvgIpc) is 2.41. The molecule has 0 bridgehead atoms. The van der Waals surface area contributed by atoms with Gasteiger partial charge >= 0.3 is 0 Å². The van der Waals surface area contributed by atoms with Crippen LogP contribution in [0.4, 0.5) is 17.1 Å². The van der Waals surface area contributed by atoms with Gasteiger partial charge in [-0.3, -0.25) is 0 Å². The third-order valence-electron chi connectivity index (χ3n) is 2.72. The van der Waals surface area contributed by atoms with E-state index in [4.69, 9.17) is 26.8 Å². The molecule has 2 rings (SSSR count). The van der Waals surface area contributed by atoms with Crippen LogP contribution in [-0.4, -0.2) is 14.2 Å². The molecule has 5 heteroatoms. The Balaban J connectivity index is 2.29. The van der Waals surface area contributed by atoms with Crippen LogP contribution >= 0.6 is 11.6 Å². The van der Waals surface area contributed by atoms with Crippen molar-refractivity contribution >= 4 is 28.7 Å². The first-order valence-electron chi connectivity index (χ1n) is 5.68. The molecule has 19 heavy (non-hydrogen) atoms. The van der Waals surface area contributed by atoms with Crippen molar-refractivity contribution in [3.05, 3.63) is 41.4 Å².